The first-order valence-electron chi connectivity index (χ1n) is 8.76. The molecule has 3 rings (SSSR count). The van der Waals surface area contributed by atoms with Gasteiger partial charge in [0.1, 0.15) is 0 Å². The van der Waals surface area contributed by atoms with Crippen molar-refractivity contribution < 1.29 is 4.79 Å². The molecule has 132 valence electrons. The van der Waals surface area contributed by atoms with Gasteiger partial charge in [0.15, 0.2) is 0 Å². The molecule has 2 aromatic rings. The van der Waals surface area contributed by atoms with E-state index in [1.54, 1.807) is 11.3 Å². The van der Waals surface area contributed by atoms with Gasteiger partial charge in [-0.1, -0.05) is 42.5 Å². The van der Waals surface area contributed by atoms with Gasteiger partial charge in [0.25, 0.3) is 0 Å². The summed E-state index contributed by atoms with van der Waals surface area (Å²) < 4.78 is 0. The van der Waals surface area contributed by atoms with E-state index in [4.69, 9.17) is 0 Å². The maximum atomic E-state index is 12.5. The number of aryl methyl sites for hydroxylation is 2. The summed E-state index contributed by atoms with van der Waals surface area (Å²) in [7, 11) is 0. The van der Waals surface area contributed by atoms with E-state index >= 15 is 0 Å². The van der Waals surface area contributed by atoms with E-state index in [0.29, 0.717) is 6.42 Å². The van der Waals surface area contributed by atoms with Gasteiger partial charge in [0, 0.05) is 37.6 Å². The van der Waals surface area contributed by atoms with Gasteiger partial charge in [-0.25, -0.2) is 4.98 Å². The lowest BCUT2D eigenvalue weighted by Gasteiger charge is -2.34. The SMILES string of the molecule is Cc1nc(C)c(CC(=O)N2CCN(C/C=C/c3ccccc3)CC2)s1. The third-order valence-corrected chi connectivity index (χ3v) is 5.58. The minimum Gasteiger partial charge on any atom is -0.340 e. The standard InChI is InChI=1S/C20H25N3OS/c1-16-19(25-17(2)21-16)15-20(24)23-13-11-22(12-14-23)10-6-9-18-7-4-3-5-8-18/h3-9H,10-15H2,1-2H3/b9-6+. The molecule has 25 heavy (non-hydrogen) atoms. The molecule has 2 heterocycles. The highest BCUT2D eigenvalue weighted by molar-refractivity contribution is 7.11. The summed E-state index contributed by atoms with van der Waals surface area (Å²) in [5.74, 6) is 0.228. The van der Waals surface area contributed by atoms with Crippen LogP contribution in [-0.2, 0) is 11.2 Å². The van der Waals surface area contributed by atoms with E-state index in [0.717, 1.165) is 48.3 Å². The molecular weight excluding hydrogens is 330 g/mol. The van der Waals surface area contributed by atoms with Crippen molar-refractivity contribution in [3.63, 3.8) is 0 Å². The van der Waals surface area contributed by atoms with Crippen LogP contribution in [0.25, 0.3) is 6.08 Å². The third-order valence-electron chi connectivity index (χ3n) is 4.51. The zero-order chi connectivity index (χ0) is 17.6. The van der Waals surface area contributed by atoms with Gasteiger partial charge >= 0.3 is 0 Å². The Balaban J connectivity index is 1.44. The van der Waals surface area contributed by atoms with Gasteiger partial charge in [-0.05, 0) is 19.4 Å². The molecule has 1 fully saturated rings. The Morgan fingerprint density at radius 1 is 1.16 bits per heavy atom. The summed E-state index contributed by atoms with van der Waals surface area (Å²) in [6, 6.07) is 10.3. The van der Waals surface area contributed by atoms with E-state index in [-0.39, 0.29) is 5.91 Å². The minimum atomic E-state index is 0.228. The van der Waals surface area contributed by atoms with Crippen LogP contribution in [0.15, 0.2) is 36.4 Å². The number of amides is 1. The molecule has 0 radical (unpaired) electrons. The van der Waals surface area contributed by atoms with Crippen molar-refractivity contribution in [2.75, 3.05) is 32.7 Å². The van der Waals surface area contributed by atoms with Crippen molar-refractivity contribution in [3.8, 4) is 0 Å². The van der Waals surface area contributed by atoms with Crippen LogP contribution in [0.4, 0.5) is 0 Å². The second kappa shape index (κ2) is 8.41. The Labute approximate surface area is 153 Å². The lowest BCUT2D eigenvalue weighted by atomic mass is 10.2. The Kier molecular flexibility index (Phi) is 6.00. The molecule has 1 aromatic heterocycles. The van der Waals surface area contributed by atoms with E-state index in [9.17, 15) is 4.79 Å². The summed E-state index contributed by atoms with van der Waals surface area (Å²) in [4.78, 5) is 22.4. The molecule has 1 aromatic carbocycles. The number of nitrogens with zero attached hydrogens (tertiary/aromatic N) is 3. The number of carbonyl (C=O) groups excluding carboxylic acids is 1. The van der Waals surface area contributed by atoms with Gasteiger partial charge in [0.05, 0.1) is 17.1 Å². The largest absolute Gasteiger partial charge is 0.340 e. The predicted molar refractivity (Wildman–Crippen MR) is 104 cm³/mol. The summed E-state index contributed by atoms with van der Waals surface area (Å²) in [5, 5.41) is 1.04. The van der Waals surface area contributed by atoms with Crippen LogP contribution >= 0.6 is 11.3 Å². The smallest absolute Gasteiger partial charge is 0.227 e. The van der Waals surface area contributed by atoms with Crippen LogP contribution in [0.1, 0.15) is 21.1 Å². The number of benzene rings is 1. The number of carbonyl (C=O) groups is 1. The second-order valence-electron chi connectivity index (χ2n) is 6.41. The number of piperazine rings is 1. The van der Waals surface area contributed by atoms with Crippen molar-refractivity contribution in [3.05, 3.63) is 57.6 Å². The normalized spacial score (nSPS) is 15.8. The first-order chi connectivity index (χ1) is 12.1. The van der Waals surface area contributed by atoms with Gasteiger partial charge in [-0.15, -0.1) is 11.3 Å². The molecular formula is C20H25N3OS. The molecule has 0 unspecified atom stereocenters. The molecule has 0 aliphatic carbocycles. The maximum absolute atomic E-state index is 12.5. The van der Waals surface area contributed by atoms with Gasteiger partial charge in [-0.3, -0.25) is 9.69 Å². The zero-order valence-corrected chi connectivity index (χ0v) is 15.8. The zero-order valence-electron chi connectivity index (χ0n) is 14.9. The van der Waals surface area contributed by atoms with Crippen molar-refractivity contribution in [1.82, 2.24) is 14.8 Å². The fourth-order valence-corrected chi connectivity index (χ4v) is 4.00. The molecule has 0 bridgehead atoms. The maximum Gasteiger partial charge on any atom is 0.227 e. The van der Waals surface area contributed by atoms with Crippen LogP contribution in [0.5, 0.6) is 0 Å². The topological polar surface area (TPSA) is 36.4 Å². The van der Waals surface area contributed by atoms with E-state index in [1.807, 2.05) is 24.8 Å². The summed E-state index contributed by atoms with van der Waals surface area (Å²) in [5.41, 5.74) is 2.23. The van der Waals surface area contributed by atoms with E-state index < -0.39 is 0 Å². The van der Waals surface area contributed by atoms with Gasteiger partial charge in [0.2, 0.25) is 5.91 Å². The van der Waals surface area contributed by atoms with Gasteiger partial charge < -0.3 is 4.90 Å². The molecule has 1 aliphatic rings. The van der Waals surface area contributed by atoms with Crippen molar-refractivity contribution in [1.29, 1.82) is 0 Å². The van der Waals surface area contributed by atoms with Crippen LogP contribution in [0.3, 0.4) is 0 Å². The Hall–Kier alpha value is -1.98. The number of rotatable bonds is 5. The summed E-state index contributed by atoms with van der Waals surface area (Å²) in [6.45, 7) is 8.42. The van der Waals surface area contributed by atoms with Crippen molar-refractivity contribution >= 4 is 23.3 Å². The van der Waals surface area contributed by atoms with Crippen molar-refractivity contribution in [2.24, 2.45) is 0 Å². The first-order valence-corrected chi connectivity index (χ1v) is 9.58. The molecule has 1 amide bonds. The van der Waals surface area contributed by atoms with Crippen LogP contribution in [-0.4, -0.2) is 53.4 Å². The highest BCUT2D eigenvalue weighted by Gasteiger charge is 2.21. The summed E-state index contributed by atoms with van der Waals surface area (Å²) in [6.07, 6.45) is 4.86. The average molecular weight is 356 g/mol. The molecule has 0 spiro atoms. The lowest BCUT2D eigenvalue weighted by molar-refractivity contribution is -0.132. The fourth-order valence-electron chi connectivity index (χ4n) is 3.07. The van der Waals surface area contributed by atoms with E-state index in [2.05, 4.69) is 46.3 Å². The lowest BCUT2D eigenvalue weighted by Crippen LogP contribution is -2.49. The fraction of sp³-hybridized carbons (Fsp3) is 0.400. The third kappa shape index (κ3) is 5.00. The molecule has 1 aliphatic heterocycles. The van der Waals surface area contributed by atoms with Crippen LogP contribution in [0.2, 0.25) is 0 Å². The molecule has 5 heteroatoms. The van der Waals surface area contributed by atoms with Crippen molar-refractivity contribution in [2.45, 2.75) is 20.3 Å². The minimum absolute atomic E-state index is 0.228. The quantitative estimate of drug-likeness (QED) is 0.827. The summed E-state index contributed by atoms with van der Waals surface area (Å²) >= 11 is 1.64. The predicted octanol–water partition coefficient (Wildman–Crippen LogP) is 3.16. The number of hydrogen-bond acceptors (Lipinski definition) is 4. The Morgan fingerprint density at radius 2 is 1.88 bits per heavy atom. The number of aromatic nitrogens is 1. The average Bonchev–Trinajstić information content (AvgIpc) is 2.93. The van der Waals surface area contributed by atoms with Gasteiger partial charge in [-0.2, -0.15) is 0 Å². The second-order valence-corrected chi connectivity index (χ2v) is 7.70. The highest BCUT2D eigenvalue weighted by atomic mass is 32.1. The highest BCUT2D eigenvalue weighted by Crippen LogP contribution is 2.18. The number of thiazole rings is 1. The molecule has 0 N–H and O–H groups in total. The molecule has 1 saturated heterocycles. The number of hydrogen-bond donors (Lipinski definition) is 0. The first kappa shape index (κ1) is 17.8. The molecule has 0 atom stereocenters. The van der Waals surface area contributed by atoms with E-state index in [1.165, 1.54) is 5.56 Å². The van der Waals surface area contributed by atoms with Crippen LogP contribution < -0.4 is 0 Å². The Morgan fingerprint density at radius 3 is 2.52 bits per heavy atom. The monoisotopic (exact) mass is 355 g/mol. The molecule has 4 nitrogen and oxygen atoms in total. The molecule has 0 saturated carbocycles. The van der Waals surface area contributed by atoms with Crippen LogP contribution in [0, 0.1) is 13.8 Å². The Bertz CT molecular complexity index is 731.